The minimum Gasteiger partial charge on any atom is -0.457 e. The second-order valence-electron chi connectivity index (χ2n) is 7.47. The molecule has 3 aromatic rings. The quantitative estimate of drug-likeness (QED) is 0.215. The summed E-state index contributed by atoms with van der Waals surface area (Å²) in [4.78, 5) is 37.6. The van der Waals surface area contributed by atoms with Crippen molar-refractivity contribution >= 4 is 35.2 Å². The number of imide groups is 1. The lowest BCUT2D eigenvalue weighted by molar-refractivity contribution is -0.384. The lowest BCUT2D eigenvalue weighted by Gasteiger charge is -2.27. The number of nitrogens with zero attached hydrogens (tertiary/aromatic N) is 3. The van der Waals surface area contributed by atoms with Gasteiger partial charge in [-0.25, -0.2) is 0 Å². The van der Waals surface area contributed by atoms with Crippen LogP contribution in [0.1, 0.15) is 18.2 Å². The van der Waals surface area contributed by atoms with Gasteiger partial charge >= 0.3 is 0 Å². The Morgan fingerprint density at radius 2 is 1.88 bits per heavy atom. The number of nitriles is 1. The number of carbonyl (C=O) groups excluding carboxylic acids is 2. The first kappa shape index (κ1) is 22.7. The van der Waals surface area contributed by atoms with E-state index in [4.69, 9.17) is 16.0 Å². The maximum absolute atomic E-state index is 13.3. The maximum atomic E-state index is 13.3. The molecule has 0 saturated carbocycles. The van der Waals surface area contributed by atoms with Gasteiger partial charge in [-0.2, -0.15) is 5.26 Å². The number of rotatable bonds is 5. The molecule has 1 aromatic heterocycles. The van der Waals surface area contributed by atoms with Crippen molar-refractivity contribution in [2.45, 2.75) is 13.5 Å². The zero-order chi connectivity index (χ0) is 24.4. The zero-order valence-electron chi connectivity index (χ0n) is 17.8. The van der Waals surface area contributed by atoms with E-state index in [1.54, 1.807) is 48.5 Å². The molecule has 0 saturated heterocycles. The summed E-state index contributed by atoms with van der Waals surface area (Å²) < 4.78 is 5.79. The van der Waals surface area contributed by atoms with Crippen molar-refractivity contribution in [3.8, 4) is 17.4 Å². The highest BCUT2D eigenvalue weighted by Crippen LogP contribution is 2.31. The van der Waals surface area contributed by atoms with Gasteiger partial charge in [0.1, 0.15) is 23.2 Å². The van der Waals surface area contributed by atoms with Crippen LogP contribution < -0.4 is 0 Å². The molecule has 1 aliphatic rings. The molecule has 0 aliphatic carbocycles. The SMILES string of the molecule is CC1=C(C#N)C(=O)N(Cc2ccccc2Cl)C(=O)/C1=C/c1ccc(-c2cccc([N+](=O)[O-])c2)o1. The van der Waals surface area contributed by atoms with Crippen molar-refractivity contribution in [3.05, 3.63) is 104 Å². The molecule has 0 unspecified atom stereocenters. The van der Waals surface area contributed by atoms with Crippen molar-refractivity contribution in [2.24, 2.45) is 0 Å². The molecule has 2 amide bonds. The molecule has 8 nitrogen and oxygen atoms in total. The number of carbonyl (C=O) groups is 2. The van der Waals surface area contributed by atoms with Gasteiger partial charge in [-0.3, -0.25) is 24.6 Å². The van der Waals surface area contributed by atoms with Gasteiger partial charge in [0.25, 0.3) is 17.5 Å². The Morgan fingerprint density at radius 3 is 2.59 bits per heavy atom. The van der Waals surface area contributed by atoms with Crippen LogP contribution in [0, 0.1) is 21.4 Å². The van der Waals surface area contributed by atoms with Crippen LogP contribution >= 0.6 is 11.6 Å². The summed E-state index contributed by atoms with van der Waals surface area (Å²) in [6.45, 7) is 1.43. The molecule has 2 heterocycles. The molecule has 0 atom stereocenters. The molecule has 168 valence electrons. The molecule has 1 aliphatic heterocycles. The van der Waals surface area contributed by atoms with E-state index in [2.05, 4.69) is 0 Å². The van der Waals surface area contributed by atoms with Crippen LogP contribution in [0.15, 0.2) is 81.8 Å². The van der Waals surface area contributed by atoms with Gasteiger partial charge < -0.3 is 4.42 Å². The van der Waals surface area contributed by atoms with Crippen LogP contribution in [0.3, 0.4) is 0 Å². The van der Waals surface area contributed by atoms with Crippen LogP contribution in [-0.2, 0) is 16.1 Å². The van der Waals surface area contributed by atoms with Gasteiger partial charge in [-0.05, 0) is 42.3 Å². The van der Waals surface area contributed by atoms with E-state index >= 15 is 0 Å². The van der Waals surface area contributed by atoms with E-state index in [1.165, 1.54) is 25.1 Å². The summed E-state index contributed by atoms with van der Waals surface area (Å²) in [5.74, 6) is -0.632. The normalized spacial score (nSPS) is 15.1. The Hall–Kier alpha value is -4.48. The second-order valence-corrected chi connectivity index (χ2v) is 7.87. The van der Waals surface area contributed by atoms with Crippen molar-refractivity contribution in [1.82, 2.24) is 4.90 Å². The smallest absolute Gasteiger partial charge is 0.271 e. The van der Waals surface area contributed by atoms with Gasteiger partial charge in [0.2, 0.25) is 0 Å². The highest BCUT2D eigenvalue weighted by atomic mass is 35.5. The molecule has 0 radical (unpaired) electrons. The minimum absolute atomic E-state index is 0.0811. The molecule has 0 N–H and O–H groups in total. The van der Waals surface area contributed by atoms with Gasteiger partial charge in [0.05, 0.1) is 11.5 Å². The number of hydrogen-bond donors (Lipinski definition) is 0. The average molecular weight is 474 g/mol. The summed E-state index contributed by atoms with van der Waals surface area (Å²) >= 11 is 6.20. The monoisotopic (exact) mass is 473 g/mol. The van der Waals surface area contributed by atoms with Gasteiger partial charge in [-0.15, -0.1) is 0 Å². The predicted octanol–water partition coefficient (Wildman–Crippen LogP) is 5.30. The molecule has 0 fully saturated rings. The molecule has 2 aromatic carbocycles. The van der Waals surface area contributed by atoms with Crippen LogP contribution in [0.2, 0.25) is 5.02 Å². The molecule has 34 heavy (non-hydrogen) atoms. The number of non-ortho nitro benzene ring substituents is 1. The highest BCUT2D eigenvalue weighted by molar-refractivity contribution is 6.31. The first-order chi connectivity index (χ1) is 16.3. The van der Waals surface area contributed by atoms with Gasteiger partial charge in [-0.1, -0.05) is 41.9 Å². The average Bonchev–Trinajstić information content (AvgIpc) is 3.30. The summed E-state index contributed by atoms with van der Waals surface area (Å²) in [7, 11) is 0. The zero-order valence-corrected chi connectivity index (χ0v) is 18.6. The predicted molar refractivity (Wildman–Crippen MR) is 124 cm³/mol. The number of hydrogen-bond acceptors (Lipinski definition) is 6. The Balaban J connectivity index is 1.72. The van der Waals surface area contributed by atoms with Crippen molar-refractivity contribution in [2.75, 3.05) is 0 Å². The Morgan fingerprint density at radius 1 is 1.12 bits per heavy atom. The molecular weight excluding hydrogens is 458 g/mol. The third-order valence-corrected chi connectivity index (χ3v) is 5.74. The van der Waals surface area contributed by atoms with E-state index in [1.807, 2.05) is 6.07 Å². The molecule has 4 rings (SSSR count). The molecule has 0 bridgehead atoms. The van der Waals surface area contributed by atoms with Crippen LogP contribution in [-0.4, -0.2) is 21.6 Å². The summed E-state index contributed by atoms with van der Waals surface area (Å²) in [5.41, 5.74) is 1.19. The van der Waals surface area contributed by atoms with E-state index < -0.39 is 16.7 Å². The van der Waals surface area contributed by atoms with Gasteiger partial charge in [0, 0.05) is 28.3 Å². The van der Waals surface area contributed by atoms with E-state index in [0.717, 1.165) is 4.90 Å². The number of halogens is 1. The summed E-state index contributed by atoms with van der Waals surface area (Å²) in [6, 6.07) is 17.9. The van der Waals surface area contributed by atoms with E-state index in [9.17, 15) is 25.0 Å². The fourth-order valence-corrected chi connectivity index (χ4v) is 3.77. The van der Waals surface area contributed by atoms with E-state index in [-0.39, 0.29) is 34.7 Å². The largest absolute Gasteiger partial charge is 0.457 e. The first-order valence-electron chi connectivity index (χ1n) is 10.1. The third kappa shape index (κ3) is 4.25. The molecule has 0 spiro atoms. The number of nitro groups is 1. The summed E-state index contributed by atoms with van der Waals surface area (Å²) in [6.07, 6.45) is 1.45. The topological polar surface area (TPSA) is 117 Å². The van der Waals surface area contributed by atoms with Crippen LogP contribution in [0.5, 0.6) is 0 Å². The lowest BCUT2D eigenvalue weighted by Crippen LogP contribution is -2.42. The Kier molecular flexibility index (Phi) is 6.13. The highest BCUT2D eigenvalue weighted by Gasteiger charge is 2.36. The minimum atomic E-state index is -0.696. The fourth-order valence-electron chi connectivity index (χ4n) is 3.57. The van der Waals surface area contributed by atoms with Crippen molar-refractivity contribution in [3.63, 3.8) is 0 Å². The standard InChI is InChI=1S/C25H16ClN3O5/c1-15-20(12-19-9-10-23(34-19)16-6-4-7-18(11-16)29(32)33)24(30)28(25(31)21(15)13-27)14-17-5-2-3-8-22(17)26/h2-12H,14H2,1H3/b20-12+. The lowest BCUT2D eigenvalue weighted by atomic mass is 9.94. The maximum Gasteiger partial charge on any atom is 0.271 e. The van der Waals surface area contributed by atoms with Crippen LogP contribution in [0.25, 0.3) is 17.4 Å². The molecular formula is C25H16ClN3O5. The van der Waals surface area contributed by atoms with Crippen molar-refractivity contribution < 1.29 is 18.9 Å². The Bertz CT molecular complexity index is 1440. The third-order valence-electron chi connectivity index (χ3n) is 5.37. The number of furan rings is 1. The summed E-state index contributed by atoms with van der Waals surface area (Å²) in [5, 5.41) is 21.0. The number of benzene rings is 2. The molecule has 9 heteroatoms. The Labute approximate surface area is 199 Å². The van der Waals surface area contributed by atoms with Gasteiger partial charge in [0.15, 0.2) is 0 Å². The first-order valence-corrected chi connectivity index (χ1v) is 10.4. The van der Waals surface area contributed by atoms with E-state index in [0.29, 0.717) is 21.9 Å². The number of nitro benzene ring substituents is 1. The number of amides is 2. The fraction of sp³-hybridized carbons (Fsp3) is 0.0800. The van der Waals surface area contributed by atoms with Crippen molar-refractivity contribution in [1.29, 1.82) is 5.26 Å². The second kappa shape index (κ2) is 9.17. The van der Waals surface area contributed by atoms with Crippen LogP contribution in [0.4, 0.5) is 5.69 Å².